The maximum absolute atomic E-state index is 13.0. The summed E-state index contributed by atoms with van der Waals surface area (Å²) < 4.78 is 0. The zero-order valence-electron chi connectivity index (χ0n) is 18.9. The molecule has 0 bridgehead atoms. The van der Waals surface area contributed by atoms with Crippen LogP contribution in [0, 0.1) is 0 Å². The first-order chi connectivity index (χ1) is 15.3. The summed E-state index contributed by atoms with van der Waals surface area (Å²) in [6.45, 7) is 6.51. The van der Waals surface area contributed by atoms with Crippen LogP contribution in [-0.4, -0.2) is 10.9 Å². The van der Waals surface area contributed by atoms with Gasteiger partial charge < -0.3 is 10.6 Å². The van der Waals surface area contributed by atoms with Gasteiger partial charge in [0.15, 0.2) is 10.9 Å². The smallest absolute Gasteiger partial charge is 0.193 e. The van der Waals surface area contributed by atoms with Crippen LogP contribution in [0.15, 0.2) is 72.8 Å². The van der Waals surface area contributed by atoms with Gasteiger partial charge >= 0.3 is 0 Å². The molecule has 1 aliphatic carbocycles. The highest BCUT2D eigenvalue weighted by molar-refractivity contribution is 7.80. The number of benzene rings is 3. The molecule has 0 saturated heterocycles. The van der Waals surface area contributed by atoms with E-state index in [9.17, 15) is 4.79 Å². The van der Waals surface area contributed by atoms with Gasteiger partial charge in [-0.3, -0.25) is 4.79 Å². The van der Waals surface area contributed by atoms with Gasteiger partial charge in [0, 0.05) is 16.8 Å². The summed E-state index contributed by atoms with van der Waals surface area (Å²) in [5.41, 5.74) is 6.13. The SMILES string of the molecule is CC(C)(C)c1ccc(C(=O)c2cccc(NC(=S)N[C@@H]3CCCc4ccccc43)c2)cc1. The molecule has 0 fully saturated rings. The monoisotopic (exact) mass is 442 g/mol. The Hall–Kier alpha value is -2.98. The van der Waals surface area contributed by atoms with E-state index in [-0.39, 0.29) is 17.2 Å². The summed E-state index contributed by atoms with van der Waals surface area (Å²) in [5, 5.41) is 7.30. The minimum atomic E-state index is 0.00851. The van der Waals surface area contributed by atoms with Crippen LogP contribution in [0.25, 0.3) is 0 Å². The molecule has 0 heterocycles. The van der Waals surface area contributed by atoms with Gasteiger partial charge in [0.2, 0.25) is 0 Å². The van der Waals surface area contributed by atoms with Crippen LogP contribution in [0.2, 0.25) is 0 Å². The normalized spacial score (nSPS) is 15.5. The molecule has 3 aromatic carbocycles. The molecule has 0 amide bonds. The lowest BCUT2D eigenvalue weighted by Crippen LogP contribution is -2.34. The van der Waals surface area contributed by atoms with Crippen LogP contribution in [0.5, 0.6) is 0 Å². The predicted octanol–water partition coefficient (Wildman–Crippen LogP) is 6.58. The molecule has 164 valence electrons. The average molecular weight is 443 g/mol. The fraction of sp³-hybridized carbons (Fsp3) is 0.286. The maximum Gasteiger partial charge on any atom is 0.193 e. The molecule has 0 spiro atoms. The molecule has 0 radical (unpaired) electrons. The minimum absolute atomic E-state index is 0.00851. The van der Waals surface area contributed by atoms with Crippen molar-refractivity contribution in [3.05, 3.63) is 101 Å². The molecule has 2 N–H and O–H groups in total. The van der Waals surface area contributed by atoms with Crippen LogP contribution in [0.4, 0.5) is 5.69 Å². The topological polar surface area (TPSA) is 41.1 Å². The van der Waals surface area contributed by atoms with Gasteiger partial charge in [-0.15, -0.1) is 0 Å². The molecule has 32 heavy (non-hydrogen) atoms. The number of carbonyl (C=O) groups is 1. The number of thiocarbonyl (C=S) groups is 1. The van der Waals surface area contributed by atoms with Gasteiger partial charge in [0.1, 0.15) is 0 Å². The number of ketones is 1. The first-order valence-electron chi connectivity index (χ1n) is 11.2. The van der Waals surface area contributed by atoms with E-state index >= 15 is 0 Å². The number of rotatable bonds is 4. The van der Waals surface area contributed by atoms with Crippen molar-refractivity contribution in [3.63, 3.8) is 0 Å². The molecule has 1 aliphatic rings. The highest BCUT2D eigenvalue weighted by Gasteiger charge is 2.20. The highest BCUT2D eigenvalue weighted by Crippen LogP contribution is 2.29. The Kier molecular flexibility index (Phi) is 6.43. The lowest BCUT2D eigenvalue weighted by atomic mass is 9.86. The number of nitrogens with one attached hydrogen (secondary N) is 2. The van der Waals surface area contributed by atoms with E-state index in [0.29, 0.717) is 16.2 Å². The van der Waals surface area contributed by atoms with E-state index in [2.05, 4.69) is 55.7 Å². The van der Waals surface area contributed by atoms with Crippen LogP contribution in [0.3, 0.4) is 0 Å². The quantitative estimate of drug-likeness (QED) is 0.354. The van der Waals surface area contributed by atoms with E-state index < -0.39 is 0 Å². The second-order valence-corrected chi connectivity index (χ2v) is 9.89. The minimum Gasteiger partial charge on any atom is -0.356 e. The molecule has 0 aliphatic heterocycles. The van der Waals surface area contributed by atoms with E-state index in [4.69, 9.17) is 12.2 Å². The van der Waals surface area contributed by atoms with Gasteiger partial charge in [-0.2, -0.15) is 0 Å². The predicted molar refractivity (Wildman–Crippen MR) is 136 cm³/mol. The van der Waals surface area contributed by atoms with Crippen molar-refractivity contribution in [1.29, 1.82) is 0 Å². The zero-order valence-corrected chi connectivity index (χ0v) is 19.8. The Morgan fingerprint density at radius 3 is 2.44 bits per heavy atom. The summed E-state index contributed by atoms with van der Waals surface area (Å²) in [5.74, 6) is 0.00851. The van der Waals surface area contributed by atoms with Gasteiger partial charge in [-0.05, 0) is 65.7 Å². The summed E-state index contributed by atoms with van der Waals surface area (Å²) in [4.78, 5) is 13.0. The van der Waals surface area contributed by atoms with Crippen molar-refractivity contribution < 1.29 is 4.79 Å². The second-order valence-electron chi connectivity index (χ2n) is 9.48. The van der Waals surface area contributed by atoms with E-state index in [1.165, 1.54) is 16.7 Å². The fourth-order valence-electron chi connectivity index (χ4n) is 4.26. The molecule has 3 aromatic rings. The van der Waals surface area contributed by atoms with E-state index in [1.807, 2.05) is 48.5 Å². The summed E-state index contributed by atoms with van der Waals surface area (Å²) in [7, 11) is 0. The van der Waals surface area contributed by atoms with Crippen LogP contribution < -0.4 is 10.6 Å². The summed E-state index contributed by atoms with van der Waals surface area (Å²) in [6, 6.07) is 24.2. The first-order valence-corrected chi connectivity index (χ1v) is 11.6. The van der Waals surface area contributed by atoms with Crippen molar-refractivity contribution >= 4 is 28.8 Å². The van der Waals surface area contributed by atoms with Crippen molar-refractivity contribution in [1.82, 2.24) is 5.32 Å². The van der Waals surface area contributed by atoms with Gasteiger partial charge in [0.05, 0.1) is 6.04 Å². The maximum atomic E-state index is 13.0. The average Bonchev–Trinajstić information content (AvgIpc) is 2.78. The third-order valence-corrected chi connectivity index (χ3v) is 6.29. The van der Waals surface area contributed by atoms with Crippen molar-refractivity contribution in [2.24, 2.45) is 0 Å². The number of fused-ring (bicyclic) bond motifs is 1. The molecule has 0 saturated carbocycles. The Morgan fingerprint density at radius 2 is 1.69 bits per heavy atom. The molecule has 0 unspecified atom stereocenters. The molecule has 1 atom stereocenters. The first kappa shape index (κ1) is 22.2. The van der Waals surface area contributed by atoms with Crippen LogP contribution >= 0.6 is 12.2 Å². The molecule has 3 nitrogen and oxygen atoms in total. The second kappa shape index (κ2) is 9.25. The highest BCUT2D eigenvalue weighted by atomic mass is 32.1. The van der Waals surface area contributed by atoms with Crippen molar-refractivity contribution in [3.8, 4) is 0 Å². The fourth-order valence-corrected chi connectivity index (χ4v) is 4.52. The van der Waals surface area contributed by atoms with Crippen molar-refractivity contribution in [2.45, 2.75) is 51.5 Å². The number of hydrogen-bond donors (Lipinski definition) is 2. The van der Waals surface area contributed by atoms with E-state index in [1.54, 1.807) is 0 Å². The number of carbonyl (C=O) groups excluding carboxylic acids is 1. The van der Waals surface area contributed by atoms with Gasteiger partial charge in [-0.1, -0.05) is 81.4 Å². The number of hydrogen-bond acceptors (Lipinski definition) is 2. The number of anilines is 1. The standard InChI is InChI=1S/C28H30N2OS/c1-28(2,3)22-16-14-20(15-17-22)26(31)21-10-6-11-23(18-21)29-27(32)30-25-13-7-9-19-8-4-5-12-24(19)25/h4-6,8,10-12,14-18,25H,7,9,13H2,1-3H3,(H2,29,30,32)/t25-/m1/s1. The molecular weight excluding hydrogens is 412 g/mol. The van der Waals surface area contributed by atoms with Crippen LogP contribution in [-0.2, 0) is 11.8 Å². The Balaban J connectivity index is 1.44. The lowest BCUT2D eigenvalue weighted by molar-refractivity contribution is 0.103. The van der Waals surface area contributed by atoms with E-state index in [0.717, 1.165) is 24.9 Å². The summed E-state index contributed by atoms with van der Waals surface area (Å²) in [6.07, 6.45) is 3.33. The third-order valence-electron chi connectivity index (χ3n) is 6.07. The lowest BCUT2D eigenvalue weighted by Gasteiger charge is -2.27. The van der Waals surface area contributed by atoms with Gasteiger partial charge in [0.25, 0.3) is 0 Å². The Labute approximate surface area is 196 Å². The Morgan fingerprint density at radius 1 is 0.938 bits per heavy atom. The molecule has 0 aromatic heterocycles. The zero-order chi connectivity index (χ0) is 22.7. The Bertz CT molecular complexity index is 1130. The summed E-state index contributed by atoms with van der Waals surface area (Å²) >= 11 is 5.59. The van der Waals surface area contributed by atoms with Crippen LogP contribution in [0.1, 0.15) is 72.3 Å². The number of aryl methyl sites for hydroxylation is 1. The molecule has 4 heteroatoms. The van der Waals surface area contributed by atoms with Gasteiger partial charge in [-0.25, -0.2) is 0 Å². The van der Waals surface area contributed by atoms with Crippen molar-refractivity contribution in [2.75, 3.05) is 5.32 Å². The molecule has 4 rings (SSSR count). The third kappa shape index (κ3) is 5.08. The largest absolute Gasteiger partial charge is 0.356 e. The molecular formula is C28H30N2OS.